The molecule has 1 aromatic carbocycles. The quantitative estimate of drug-likeness (QED) is 0.869. The van der Waals surface area contributed by atoms with Gasteiger partial charge in [-0.3, -0.25) is 0 Å². The van der Waals surface area contributed by atoms with Gasteiger partial charge in [-0.1, -0.05) is 37.3 Å². The molecule has 2 rings (SSSR count). The van der Waals surface area contributed by atoms with E-state index in [-0.39, 0.29) is 6.10 Å². The first-order valence-corrected chi connectivity index (χ1v) is 6.96. The molecule has 1 N–H and O–H groups in total. The van der Waals surface area contributed by atoms with Crippen molar-refractivity contribution in [2.24, 2.45) is 0 Å². The Kier molecular flexibility index (Phi) is 4.87. The lowest BCUT2D eigenvalue weighted by Gasteiger charge is -2.12. The third kappa shape index (κ3) is 3.16. The van der Waals surface area contributed by atoms with Gasteiger partial charge in [-0.25, -0.2) is 4.98 Å². The van der Waals surface area contributed by atoms with Crippen LogP contribution in [0, 0.1) is 0 Å². The molecular weight excluding hydrogens is 244 g/mol. The molecule has 0 saturated carbocycles. The first-order valence-electron chi connectivity index (χ1n) is 6.08. The second kappa shape index (κ2) is 6.64. The minimum atomic E-state index is -0.0634. The van der Waals surface area contributed by atoms with Crippen LogP contribution in [-0.2, 0) is 11.3 Å². The van der Waals surface area contributed by atoms with Gasteiger partial charge in [0.05, 0.1) is 5.69 Å². The van der Waals surface area contributed by atoms with Gasteiger partial charge in [0.25, 0.3) is 0 Å². The second-order valence-electron chi connectivity index (χ2n) is 3.98. The van der Waals surface area contributed by atoms with E-state index in [1.165, 1.54) is 0 Å². The highest BCUT2D eigenvalue weighted by atomic mass is 32.1. The summed E-state index contributed by atoms with van der Waals surface area (Å²) in [6.07, 6.45) is -0.0634. The van der Waals surface area contributed by atoms with E-state index in [0.717, 1.165) is 29.4 Å². The van der Waals surface area contributed by atoms with Crippen LogP contribution in [0.25, 0.3) is 0 Å². The van der Waals surface area contributed by atoms with E-state index >= 15 is 0 Å². The second-order valence-corrected chi connectivity index (χ2v) is 4.87. The summed E-state index contributed by atoms with van der Waals surface area (Å²) in [6, 6.07) is 10.2. The molecule has 0 aliphatic heterocycles. The van der Waals surface area contributed by atoms with Gasteiger partial charge in [-0.2, -0.15) is 0 Å². The Labute approximate surface area is 112 Å². The minimum absolute atomic E-state index is 0.0634. The van der Waals surface area contributed by atoms with E-state index in [4.69, 9.17) is 4.74 Å². The van der Waals surface area contributed by atoms with E-state index in [9.17, 15) is 0 Å². The molecule has 0 saturated heterocycles. The number of nitrogens with zero attached hydrogens (tertiary/aromatic N) is 1. The highest BCUT2D eigenvalue weighted by Gasteiger charge is 2.16. The Morgan fingerprint density at radius 1 is 1.33 bits per heavy atom. The lowest BCUT2D eigenvalue weighted by Crippen LogP contribution is -2.12. The van der Waals surface area contributed by atoms with Crippen molar-refractivity contribution in [3.05, 3.63) is 52.0 Å². The van der Waals surface area contributed by atoms with Crippen molar-refractivity contribution in [2.75, 3.05) is 13.7 Å². The average Bonchev–Trinajstić information content (AvgIpc) is 2.87. The van der Waals surface area contributed by atoms with Crippen molar-refractivity contribution in [2.45, 2.75) is 19.6 Å². The van der Waals surface area contributed by atoms with Gasteiger partial charge in [0.2, 0.25) is 0 Å². The smallest absolute Gasteiger partial charge is 0.134 e. The molecule has 0 aliphatic rings. The average molecular weight is 262 g/mol. The summed E-state index contributed by atoms with van der Waals surface area (Å²) in [5.41, 5.74) is 2.22. The van der Waals surface area contributed by atoms with Crippen LogP contribution in [0.5, 0.6) is 0 Å². The van der Waals surface area contributed by atoms with Crippen LogP contribution in [0.2, 0.25) is 0 Å². The molecule has 18 heavy (non-hydrogen) atoms. The van der Waals surface area contributed by atoms with Crippen LogP contribution >= 0.6 is 11.3 Å². The molecule has 4 heteroatoms. The summed E-state index contributed by atoms with van der Waals surface area (Å²) >= 11 is 1.65. The fourth-order valence-electron chi connectivity index (χ4n) is 1.78. The van der Waals surface area contributed by atoms with Gasteiger partial charge >= 0.3 is 0 Å². The van der Waals surface area contributed by atoms with Crippen molar-refractivity contribution in [1.82, 2.24) is 10.3 Å². The molecule has 0 spiro atoms. The molecule has 0 fully saturated rings. The Balaban J connectivity index is 2.15. The molecule has 0 aliphatic carbocycles. The van der Waals surface area contributed by atoms with Gasteiger partial charge in [-0.15, -0.1) is 11.3 Å². The number of hydrogen-bond donors (Lipinski definition) is 1. The number of ether oxygens (including phenoxy) is 1. The summed E-state index contributed by atoms with van der Waals surface area (Å²) in [7, 11) is 1.73. The number of hydrogen-bond acceptors (Lipinski definition) is 4. The Morgan fingerprint density at radius 2 is 2.11 bits per heavy atom. The molecule has 1 unspecified atom stereocenters. The SMILES string of the molecule is CCNCc1csc(C(OC)c2ccccc2)n1. The fourth-order valence-corrected chi connectivity index (χ4v) is 2.70. The van der Waals surface area contributed by atoms with Crippen LogP contribution in [-0.4, -0.2) is 18.6 Å². The summed E-state index contributed by atoms with van der Waals surface area (Å²) in [4.78, 5) is 4.63. The Hall–Kier alpha value is -1.23. The van der Waals surface area contributed by atoms with Crippen molar-refractivity contribution in [1.29, 1.82) is 0 Å². The standard InChI is InChI=1S/C14H18N2OS/c1-3-15-9-12-10-18-14(16-12)13(17-2)11-7-5-4-6-8-11/h4-8,10,13,15H,3,9H2,1-2H3. The van der Waals surface area contributed by atoms with Crippen LogP contribution in [0.4, 0.5) is 0 Å². The predicted molar refractivity (Wildman–Crippen MR) is 74.8 cm³/mol. The Bertz CT molecular complexity index is 470. The molecule has 1 aromatic heterocycles. The third-order valence-corrected chi connectivity index (χ3v) is 3.62. The maximum atomic E-state index is 5.57. The van der Waals surface area contributed by atoms with Gasteiger partial charge in [-0.05, 0) is 12.1 Å². The molecule has 1 heterocycles. The largest absolute Gasteiger partial charge is 0.370 e. The van der Waals surface area contributed by atoms with E-state index in [1.807, 2.05) is 18.2 Å². The van der Waals surface area contributed by atoms with Crippen molar-refractivity contribution in [3.8, 4) is 0 Å². The molecule has 0 bridgehead atoms. The maximum absolute atomic E-state index is 5.57. The summed E-state index contributed by atoms with van der Waals surface area (Å²) in [6.45, 7) is 3.87. The van der Waals surface area contributed by atoms with E-state index < -0.39 is 0 Å². The summed E-state index contributed by atoms with van der Waals surface area (Å²) in [5.74, 6) is 0. The first kappa shape index (κ1) is 13.2. The highest BCUT2D eigenvalue weighted by molar-refractivity contribution is 7.09. The molecule has 2 aromatic rings. The number of benzene rings is 1. The first-order chi connectivity index (χ1) is 8.85. The molecular formula is C14H18N2OS. The van der Waals surface area contributed by atoms with Crippen LogP contribution < -0.4 is 5.32 Å². The van der Waals surface area contributed by atoms with E-state index in [0.29, 0.717) is 0 Å². The summed E-state index contributed by atoms with van der Waals surface area (Å²) < 4.78 is 5.57. The molecule has 0 radical (unpaired) electrons. The number of methoxy groups -OCH3 is 1. The maximum Gasteiger partial charge on any atom is 0.134 e. The van der Waals surface area contributed by atoms with Crippen LogP contribution in [0.3, 0.4) is 0 Å². The topological polar surface area (TPSA) is 34.1 Å². The van der Waals surface area contributed by atoms with Crippen molar-refractivity contribution >= 4 is 11.3 Å². The van der Waals surface area contributed by atoms with Gasteiger partial charge < -0.3 is 10.1 Å². The lowest BCUT2D eigenvalue weighted by molar-refractivity contribution is 0.136. The molecule has 0 amide bonds. The summed E-state index contributed by atoms with van der Waals surface area (Å²) in [5, 5.41) is 6.38. The number of rotatable bonds is 6. The van der Waals surface area contributed by atoms with Gasteiger partial charge in [0, 0.05) is 19.0 Å². The predicted octanol–water partition coefficient (Wildman–Crippen LogP) is 2.99. The molecule has 1 atom stereocenters. The van der Waals surface area contributed by atoms with Gasteiger partial charge in [0.1, 0.15) is 11.1 Å². The zero-order chi connectivity index (χ0) is 12.8. The number of nitrogens with one attached hydrogen (secondary N) is 1. The minimum Gasteiger partial charge on any atom is -0.370 e. The zero-order valence-electron chi connectivity index (χ0n) is 10.7. The van der Waals surface area contributed by atoms with Crippen molar-refractivity contribution in [3.63, 3.8) is 0 Å². The number of aromatic nitrogens is 1. The molecule has 96 valence electrons. The van der Waals surface area contributed by atoms with Gasteiger partial charge in [0.15, 0.2) is 0 Å². The normalized spacial score (nSPS) is 12.6. The monoisotopic (exact) mass is 262 g/mol. The van der Waals surface area contributed by atoms with E-state index in [2.05, 4.69) is 34.7 Å². The van der Waals surface area contributed by atoms with Crippen LogP contribution in [0.15, 0.2) is 35.7 Å². The van der Waals surface area contributed by atoms with E-state index in [1.54, 1.807) is 18.4 Å². The molecule has 3 nitrogen and oxygen atoms in total. The van der Waals surface area contributed by atoms with Crippen molar-refractivity contribution < 1.29 is 4.74 Å². The zero-order valence-corrected chi connectivity index (χ0v) is 11.5. The Morgan fingerprint density at radius 3 is 2.78 bits per heavy atom. The number of thiazole rings is 1. The highest BCUT2D eigenvalue weighted by Crippen LogP contribution is 2.27. The van der Waals surface area contributed by atoms with Crippen LogP contribution in [0.1, 0.15) is 29.3 Å². The third-order valence-electron chi connectivity index (χ3n) is 2.69. The lowest BCUT2D eigenvalue weighted by atomic mass is 10.1. The fraction of sp³-hybridized carbons (Fsp3) is 0.357.